The van der Waals surface area contributed by atoms with E-state index >= 15 is 0 Å². The minimum atomic E-state index is -0.534. The topological polar surface area (TPSA) is 77.0 Å². The molecule has 0 radical (unpaired) electrons. The fourth-order valence-electron chi connectivity index (χ4n) is 2.61. The van der Waals surface area contributed by atoms with Crippen molar-refractivity contribution in [2.45, 2.75) is 13.3 Å². The monoisotopic (exact) mass is 514 g/mol. The summed E-state index contributed by atoms with van der Waals surface area (Å²) in [6, 6.07) is 18.3. The van der Waals surface area contributed by atoms with Gasteiger partial charge in [-0.2, -0.15) is 5.10 Å². The summed E-state index contributed by atoms with van der Waals surface area (Å²) in [5.74, 6) is 0.0859. The zero-order valence-corrected chi connectivity index (χ0v) is 19.5. The third-order valence-corrected chi connectivity index (χ3v) is 4.96. The summed E-state index contributed by atoms with van der Waals surface area (Å²) in [6.45, 7) is 2.64. The number of nitrogens with one attached hydrogen (secondary N) is 1. The quantitative estimate of drug-likeness (QED) is 0.176. The van der Waals surface area contributed by atoms with Crippen LogP contribution in [0.15, 0.2) is 76.3 Å². The number of carbonyl (C=O) groups is 2. The second kappa shape index (κ2) is 11.5. The number of esters is 1. The summed E-state index contributed by atoms with van der Waals surface area (Å²) in [5, 5.41) is 4.52. The predicted octanol–water partition coefficient (Wildman–Crippen LogP) is 5.87. The maximum Gasteiger partial charge on any atom is 0.343 e. The van der Waals surface area contributed by atoms with Gasteiger partial charge < -0.3 is 9.47 Å². The fourth-order valence-corrected chi connectivity index (χ4v) is 3.11. The summed E-state index contributed by atoms with van der Waals surface area (Å²) in [4.78, 5) is 24.8. The zero-order valence-electron chi connectivity index (χ0n) is 17.2. The average molecular weight is 516 g/mol. The van der Waals surface area contributed by atoms with Crippen molar-refractivity contribution in [2.75, 3.05) is 6.61 Å². The number of hydrogen-bond donors (Lipinski definition) is 1. The van der Waals surface area contributed by atoms with Crippen molar-refractivity contribution < 1.29 is 19.1 Å². The minimum Gasteiger partial charge on any atom is -0.494 e. The standard InChI is InChI=1S/C24H20BrClN2O4/c1-2-13-31-21-10-5-16(6-11-21)23(29)28-27-15-18-14-19(25)7-12-22(18)32-24(30)17-3-8-20(26)9-4-17/h3-12,14-15H,2,13H2,1H3,(H,28,29)/b27-15-. The van der Waals surface area contributed by atoms with Gasteiger partial charge in [-0.1, -0.05) is 34.5 Å². The van der Waals surface area contributed by atoms with Crippen LogP contribution in [0.3, 0.4) is 0 Å². The summed E-state index contributed by atoms with van der Waals surface area (Å²) < 4.78 is 11.8. The Balaban J connectivity index is 1.67. The maximum absolute atomic E-state index is 12.4. The lowest BCUT2D eigenvalue weighted by Crippen LogP contribution is -2.17. The van der Waals surface area contributed by atoms with Crippen LogP contribution in [-0.4, -0.2) is 24.7 Å². The Morgan fingerprint density at radius 2 is 1.72 bits per heavy atom. The van der Waals surface area contributed by atoms with E-state index in [1.807, 2.05) is 6.92 Å². The molecule has 3 rings (SSSR count). The maximum atomic E-state index is 12.4. The molecule has 0 spiro atoms. The number of carbonyl (C=O) groups excluding carboxylic acids is 2. The first-order valence-corrected chi connectivity index (χ1v) is 11.0. The van der Waals surface area contributed by atoms with Crippen molar-refractivity contribution >= 4 is 45.6 Å². The molecule has 0 heterocycles. The molecule has 0 bridgehead atoms. The second-order valence-electron chi connectivity index (χ2n) is 6.65. The van der Waals surface area contributed by atoms with E-state index in [9.17, 15) is 9.59 Å². The van der Waals surface area contributed by atoms with E-state index in [0.717, 1.165) is 10.9 Å². The number of hydrogen-bond acceptors (Lipinski definition) is 5. The molecule has 0 saturated heterocycles. The molecular formula is C24H20BrClN2O4. The number of amides is 1. The molecule has 0 saturated carbocycles. The van der Waals surface area contributed by atoms with Crippen molar-refractivity contribution in [2.24, 2.45) is 5.10 Å². The number of nitrogens with zero attached hydrogens (tertiary/aromatic N) is 1. The Kier molecular flexibility index (Phi) is 8.41. The lowest BCUT2D eigenvalue weighted by molar-refractivity contribution is 0.0734. The van der Waals surface area contributed by atoms with Gasteiger partial charge in [0.1, 0.15) is 11.5 Å². The molecule has 0 aromatic heterocycles. The van der Waals surface area contributed by atoms with Crippen LogP contribution in [0.4, 0.5) is 0 Å². The van der Waals surface area contributed by atoms with Crippen molar-refractivity contribution in [3.63, 3.8) is 0 Å². The van der Waals surface area contributed by atoms with Crippen molar-refractivity contribution in [3.05, 3.63) is 92.9 Å². The zero-order chi connectivity index (χ0) is 22.9. The van der Waals surface area contributed by atoms with Crippen LogP contribution < -0.4 is 14.9 Å². The smallest absolute Gasteiger partial charge is 0.343 e. The largest absolute Gasteiger partial charge is 0.494 e. The minimum absolute atomic E-state index is 0.295. The van der Waals surface area contributed by atoms with Gasteiger partial charge in [-0.05, 0) is 73.2 Å². The van der Waals surface area contributed by atoms with Gasteiger partial charge in [0, 0.05) is 20.6 Å². The van der Waals surface area contributed by atoms with Crippen LogP contribution in [-0.2, 0) is 0 Å². The van der Waals surface area contributed by atoms with Gasteiger partial charge in [0.05, 0.1) is 18.4 Å². The Hall–Kier alpha value is -3.16. The van der Waals surface area contributed by atoms with Crippen molar-refractivity contribution in [1.29, 1.82) is 0 Å². The normalized spacial score (nSPS) is 10.7. The molecule has 0 aliphatic rings. The van der Waals surface area contributed by atoms with Gasteiger partial charge in [-0.3, -0.25) is 4.79 Å². The number of ether oxygens (including phenoxy) is 2. The Morgan fingerprint density at radius 3 is 2.41 bits per heavy atom. The second-order valence-corrected chi connectivity index (χ2v) is 8.00. The van der Waals surface area contributed by atoms with Gasteiger partial charge in [-0.25, -0.2) is 10.2 Å². The third-order valence-electron chi connectivity index (χ3n) is 4.21. The van der Waals surface area contributed by atoms with Crippen LogP contribution in [0.5, 0.6) is 11.5 Å². The van der Waals surface area contributed by atoms with Crippen molar-refractivity contribution in [3.8, 4) is 11.5 Å². The van der Waals surface area contributed by atoms with E-state index in [-0.39, 0.29) is 5.91 Å². The predicted molar refractivity (Wildman–Crippen MR) is 128 cm³/mol. The molecule has 3 aromatic carbocycles. The van der Waals surface area contributed by atoms with Gasteiger partial charge in [0.25, 0.3) is 5.91 Å². The van der Waals surface area contributed by atoms with E-state index in [1.54, 1.807) is 66.7 Å². The number of rotatable bonds is 8. The average Bonchev–Trinajstić information content (AvgIpc) is 2.80. The van der Waals surface area contributed by atoms with Gasteiger partial charge in [0.2, 0.25) is 0 Å². The Labute approximate surface area is 199 Å². The van der Waals surface area contributed by atoms with E-state index in [4.69, 9.17) is 21.1 Å². The summed E-state index contributed by atoms with van der Waals surface area (Å²) in [5.41, 5.74) is 3.77. The summed E-state index contributed by atoms with van der Waals surface area (Å²) >= 11 is 9.24. The molecule has 3 aromatic rings. The highest BCUT2D eigenvalue weighted by atomic mass is 79.9. The molecule has 6 nitrogen and oxygen atoms in total. The molecule has 0 aliphatic carbocycles. The highest BCUT2D eigenvalue weighted by Crippen LogP contribution is 2.23. The Bertz CT molecular complexity index is 1120. The molecule has 8 heteroatoms. The molecule has 0 atom stereocenters. The Morgan fingerprint density at radius 1 is 1.03 bits per heavy atom. The molecule has 0 fully saturated rings. The molecule has 0 unspecified atom stereocenters. The molecule has 0 aliphatic heterocycles. The summed E-state index contributed by atoms with van der Waals surface area (Å²) in [7, 11) is 0. The van der Waals surface area contributed by atoms with Crippen molar-refractivity contribution in [1.82, 2.24) is 5.43 Å². The van der Waals surface area contributed by atoms with E-state index in [2.05, 4.69) is 26.5 Å². The SMILES string of the molecule is CCCOc1ccc(C(=O)N/N=C\c2cc(Br)ccc2OC(=O)c2ccc(Cl)cc2)cc1. The number of hydrazone groups is 1. The van der Waals surface area contributed by atoms with E-state index < -0.39 is 5.97 Å². The van der Waals surface area contributed by atoms with Gasteiger partial charge in [-0.15, -0.1) is 0 Å². The van der Waals surface area contributed by atoms with Crippen LogP contribution in [0.1, 0.15) is 39.6 Å². The summed E-state index contributed by atoms with van der Waals surface area (Å²) in [6.07, 6.45) is 2.31. The highest BCUT2D eigenvalue weighted by molar-refractivity contribution is 9.10. The molecule has 1 N–H and O–H groups in total. The molecule has 32 heavy (non-hydrogen) atoms. The first-order chi connectivity index (χ1) is 15.5. The molecule has 1 amide bonds. The van der Waals surface area contributed by atoms with Gasteiger partial charge >= 0.3 is 5.97 Å². The lowest BCUT2D eigenvalue weighted by Gasteiger charge is -2.08. The highest BCUT2D eigenvalue weighted by Gasteiger charge is 2.12. The third kappa shape index (κ3) is 6.67. The lowest BCUT2D eigenvalue weighted by atomic mass is 10.2. The molecule has 164 valence electrons. The van der Waals surface area contributed by atoms with Crippen LogP contribution in [0.2, 0.25) is 5.02 Å². The first kappa shape index (κ1) is 23.5. The first-order valence-electron chi connectivity index (χ1n) is 9.80. The number of halogens is 2. The van der Waals surface area contributed by atoms with E-state index in [1.165, 1.54) is 6.21 Å². The molecular weight excluding hydrogens is 496 g/mol. The van der Waals surface area contributed by atoms with E-state index in [0.29, 0.717) is 39.8 Å². The van der Waals surface area contributed by atoms with Crippen LogP contribution in [0, 0.1) is 0 Å². The van der Waals surface area contributed by atoms with Crippen LogP contribution in [0.25, 0.3) is 0 Å². The van der Waals surface area contributed by atoms with Crippen LogP contribution >= 0.6 is 27.5 Å². The number of benzene rings is 3. The van der Waals surface area contributed by atoms with Gasteiger partial charge in [0.15, 0.2) is 0 Å². The fraction of sp³-hybridized carbons (Fsp3) is 0.125.